The van der Waals surface area contributed by atoms with Crippen molar-refractivity contribution >= 4 is 5.91 Å². The molecule has 1 N–H and O–H groups in total. The highest BCUT2D eigenvalue weighted by Crippen LogP contribution is 2.39. The molecule has 21 heavy (non-hydrogen) atoms. The summed E-state index contributed by atoms with van der Waals surface area (Å²) in [4.78, 5) is 10.9. The zero-order valence-corrected chi connectivity index (χ0v) is 11.4. The predicted octanol–water partition coefficient (Wildman–Crippen LogP) is 4.01. The summed E-state index contributed by atoms with van der Waals surface area (Å²) >= 11 is 0. The van der Waals surface area contributed by atoms with Gasteiger partial charge in [0.2, 0.25) is 5.91 Å². The van der Waals surface area contributed by atoms with Crippen LogP contribution in [0.25, 0.3) is 11.1 Å². The number of benzene rings is 2. The molecule has 0 unspecified atom stereocenters. The monoisotopic (exact) mass is 293 g/mol. The fraction of sp³-hybridized carbons (Fsp3) is 0.188. The molecular formula is C16H14F3NO. The molecule has 1 amide bonds. The highest BCUT2D eigenvalue weighted by Gasteiger charge is 2.36. The van der Waals surface area contributed by atoms with Crippen molar-refractivity contribution in [2.45, 2.75) is 19.6 Å². The summed E-state index contributed by atoms with van der Waals surface area (Å²) < 4.78 is 40.2. The van der Waals surface area contributed by atoms with Crippen molar-refractivity contribution in [2.24, 2.45) is 0 Å². The zero-order chi connectivity index (χ0) is 15.5. The Hall–Kier alpha value is -2.30. The minimum Gasteiger partial charge on any atom is -0.352 e. The normalized spacial score (nSPS) is 11.2. The maximum Gasteiger partial charge on any atom is 0.417 e. The van der Waals surface area contributed by atoms with Crippen molar-refractivity contribution in [3.05, 3.63) is 59.7 Å². The van der Waals surface area contributed by atoms with E-state index in [0.717, 1.165) is 0 Å². The van der Waals surface area contributed by atoms with Gasteiger partial charge in [0, 0.05) is 13.5 Å². The molecule has 0 aliphatic rings. The van der Waals surface area contributed by atoms with Gasteiger partial charge in [-0.25, -0.2) is 0 Å². The molecule has 2 nitrogen and oxygen atoms in total. The van der Waals surface area contributed by atoms with Crippen LogP contribution in [0.15, 0.2) is 48.5 Å². The number of carbonyl (C=O) groups is 1. The largest absolute Gasteiger partial charge is 0.417 e. The topological polar surface area (TPSA) is 29.1 Å². The number of carbonyl (C=O) groups excluding carboxylic acids is 1. The maximum atomic E-state index is 13.4. The highest BCUT2D eigenvalue weighted by molar-refractivity contribution is 5.73. The van der Waals surface area contributed by atoms with Crippen LogP contribution in [0.1, 0.15) is 18.1 Å². The molecule has 5 heteroatoms. The van der Waals surface area contributed by atoms with Gasteiger partial charge in [-0.15, -0.1) is 0 Å². The standard InChI is InChI=1S/C16H14F3NO/c1-11(21)20-10-13-8-5-9-14(15(13)16(17,18)19)12-6-3-2-4-7-12/h2-9H,10H2,1H3,(H,20,21). The summed E-state index contributed by atoms with van der Waals surface area (Å²) in [5.41, 5.74) is -0.0375. The summed E-state index contributed by atoms with van der Waals surface area (Å²) in [6.45, 7) is 1.12. The van der Waals surface area contributed by atoms with E-state index in [1.807, 2.05) is 0 Å². The third kappa shape index (κ3) is 3.62. The third-order valence-corrected chi connectivity index (χ3v) is 3.05. The average molecular weight is 293 g/mol. The van der Waals surface area contributed by atoms with Gasteiger partial charge in [-0.1, -0.05) is 48.5 Å². The van der Waals surface area contributed by atoms with Crippen LogP contribution >= 0.6 is 0 Å². The highest BCUT2D eigenvalue weighted by atomic mass is 19.4. The summed E-state index contributed by atoms with van der Waals surface area (Å²) in [6.07, 6.45) is -4.49. The molecule has 0 spiro atoms. The number of alkyl halides is 3. The first-order chi connectivity index (χ1) is 9.89. The fourth-order valence-corrected chi connectivity index (χ4v) is 2.16. The molecule has 0 bridgehead atoms. The first-order valence-electron chi connectivity index (χ1n) is 6.38. The van der Waals surface area contributed by atoms with Gasteiger partial charge in [-0.2, -0.15) is 13.2 Å². The molecule has 2 aromatic carbocycles. The summed E-state index contributed by atoms with van der Waals surface area (Å²) in [6, 6.07) is 12.8. The minimum atomic E-state index is -4.49. The molecule has 0 radical (unpaired) electrons. The van der Waals surface area contributed by atoms with Gasteiger partial charge in [-0.05, 0) is 16.7 Å². The lowest BCUT2D eigenvalue weighted by Crippen LogP contribution is -2.22. The Labute approximate surface area is 120 Å². The van der Waals surface area contributed by atoms with Gasteiger partial charge in [0.25, 0.3) is 0 Å². The van der Waals surface area contributed by atoms with Crippen LogP contribution in [-0.4, -0.2) is 5.91 Å². The van der Waals surface area contributed by atoms with Crippen molar-refractivity contribution in [1.29, 1.82) is 0 Å². The number of hydrogen-bond donors (Lipinski definition) is 1. The molecular weight excluding hydrogens is 279 g/mol. The Morgan fingerprint density at radius 2 is 1.71 bits per heavy atom. The maximum absolute atomic E-state index is 13.4. The molecule has 0 aliphatic carbocycles. The van der Waals surface area contributed by atoms with Crippen LogP contribution in [-0.2, 0) is 17.5 Å². The number of halogens is 3. The van der Waals surface area contributed by atoms with E-state index in [1.165, 1.54) is 19.1 Å². The second-order valence-electron chi connectivity index (χ2n) is 4.61. The first-order valence-corrected chi connectivity index (χ1v) is 6.38. The number of nitrogens with one attached hydrogen (secondary N) is 1. The molecule has 0 aliphatic heterocycles. The van der Waals surface area contributed by atoms with Crippen molar-refractivity contribution in [2.75, 3.05) is 0 Å². The first kappa shape index (κ1) is 15.1. The molecule has 0 saturated carbocycles. The lowest BCUT2D eigenvalue weighted by Gasteiger charge is -2.18. The van der Waals surface area contributed by atoms with Gasteiger partial charge in [0.1, 0.15) is 0 Å². The molecule has 0 saturated heterocycles. The van der Waals surface area contributed by atoms with Crippen LogP contribution < -0.4 is 5.32 Å². The van der Waals surface area contributed by atoms with Crippen LogP contribution in [0, 0.1) is 0 Å². The number of hydrogen-bond acceptors (Lipinski definition) is 1. The Morgan fingerprint density at radius 1 is 1.05 bits per heavy atom. The SMILES string of the molecule is CC(=O)NCc1cccc(-c2ccccc2)c1C(F)(F)F. The fourth-order valence-electron chi connectivity index (χ4n) is 2.16. The zero-order valence-electron chi connectivity index (χ0n) is 11.4. The van der Waals surface area contributed by atoms with Crippen molar-refractivity contribution in [1.82, 2.24) is 5.32 Å². The molecule has 0 heterocycles. The molecule has 2 aromatic rings. The van der Waals surface area contributed by atoms with E-state index < -0.39 is 11.7 Å². The third-order valence-electron chi connectivity index (χ3n) is 3.05. The summed E-state index contributed by atoms with van der Waals surface area (Å²) in [5.74, 6) is -0.367. The summed E-state index contributed by atoms with van der Waals surface area (Å²) in [7, 11) is 0. The van der Waals surface area contributed by atoms with Crippen LogP contribution in [0.4, 0.5) is 13.2 Å². The van der Waals surface area contributed by atoms with E-state index >= 15 is 0 Å². The molecule has 110 valence electrons. The molecule has 0 aromatic heterocycles. The summed E-state index contributed by atoms with van der Waals surface area (Å²) in [5, 5.41) is 2.41. The van der Waals surface area contributed by atoms with E-state index in [9.17, 15) is 18.0 Å². The Bertz CT molecular complexity index is 636. The minimum absolute atomic E-state index is 0.0547. The Balaban J connectivity index is 2.55. The van der Waals surface area contributed by atoms with Crippen LogP contribution in [0.3, 0.4) is 0 Å². The van der Waals surface area contributed by atoms with Gasteiger partial charge in [0.05, 0.1) is 5.56 Å². The average Bonchev–Trinajstić information content (AvgIpc) is 2.44. The van der Waals surface area contributed by atoms with E-state index in [-0.39, 0.29) is 23.6 Å². The van der Waals surface area contributed by atoms with Gasteiger partial charge in [-0.3, -0.25) is 4.79 Å². The lowest BCUT2D eigenvalue weighted by molar-refractivity contribution is -0.138. The second-order valence-corrected chi connectivity index (χ2v) is 4.61. The van der Waals surface area contributed by atoms with Crippen molar-refractivity contribution in [3.8, 4) is 11.1 Å². The van der Waals surface area contributed by atoms with E-state index in [4.69, 9.17) is 0 Å². The predicted molar refractivity (Wildman–Crippen MR) is 74.4 cm³/mol. The Morgan fingerprint density at radius 3 is 2.29 bits per heavy atom. The van der Waals surface area contributed by atoms with E-state index in [1.54, 1.807) is 36.4 Å². The number of rotatable bonds is 3. The van der Waals surface area contributed by atoms with E-state index in [0.29, 0.717) is 5.56 Å². The number of amides is 1. The Kier molecular flexibility index (Phi) is 4.31. The molecule has 2 rings (SSSR count). The van der Waals surface area contributed by atoms with Crippen LogP contribution in [0.5, 0.6) is 0 Å². The van der Waals surface area contributed by atoms with Crippen molar-refractivity contribution < 1.29 is 18.0 Å². The molecule has 0 fully saturated rings. The van der Waals surface area contributed by atoms with Gasteiger partial charge >= 0.3 is 6.18 Å². The smallest absolute Gasteiger partial charge is 0.352 e. The lowest BCUT2D eigenvalue weighted by atomic mass is 9.95. The van der Waals surface area contributed by atoms with Crippen molar-refractivity contribution in [3.63, 3.8) is 0 Å². The van der Waals surface area contributed by atoms with Gasteiger partial charge < -0.3 is 5.32 Å². The van der Waals surface area contributed by atoms with Gasteiger partial charge in [0.15, 0.2) is 0 Å². The molecule has 0 atom stereocenters. The second kappa shape index (κ2) is 5.99. The van der Waals surface area contributed by atoms with Crippen LogP contribution in [0.2, 0.25) is 0 Å². The van der Waals surface area contributed by atoms with E-state index in [2.05, 4.69) is 5.32 Å². The quantitative estimate of drug-likeness (QED) is 0.910.